The molecule has 2 atom stereocenters. The Labute approximate surface area is 230 Å². The van der Waals surface area contributed by atoms with Gasteiger partial charge in [0.15, 0.2) is 5.78 Å². The second-order valence-corrected chi connectivity index (χ2v) is 10.9. The zero-order valence-corrected chi connectivity index (χ0v) is 22.3. The number of para-hydroxylation sites is 2. The summed E-state index contributed by atoms with van der Waals surface area (Å²) in [6, 6.07) is 26.0. The van der Waals surface area contributed by atoms with Crippen molar-refractivity contribution in [2.45, 2.75) is 24.8 Å². The molecule has 2 heterocycles. The zero-order chi connectivity index (χ0) is 26.2. The summed E-state index contributed by atoms with van der Waals surface area (Å²) in [5.41, 5.74) is 4.57. The van der Waals surface area contributed by atoms with Crippen molar-refractivity contribution < 1.29 is 14.3 Å². The van der Waals surface area contributed by atoms with Gasteiger partial charge in [-0.3, -0.25) is 14.5 Å². The van der Waals surface area contributed by atoms with Crippen molar-refractivity contribution in [1.29, 1.82) is 0 Å². The molecule has 7 heteroatoms. The van der Waals surface area contributed by atoms with Gasteiger partial charge in [-0.25, -0.2) is 0 Å². The van der Waals surface area contributed by atoms with Gasteiger partial charge in [0.25, 0.3) is 5.91 Å². The number of carbonyl (C=O) groups is 2. The number of benzene rings is 3. The molecule has 1 aliphatic carbocycles. The molecule has 1 N–H and O–H groups in total. The second kappa shape index (κ2) is 10.1. The molecular formula is C31H25ClN2O3S. The number of allylic oxidation sites excluding steroid dienone is 1. The average molecular weight is 541 g/mol. The Morgan fingerprint density at radius 1 is 1.00 bits per heavy atom. The summed E-state index contributed by atoms with van der Waals surface area (Å²) >= 11 is 7.81. The SMILES string of the molecule is COc1ccc([C@@H]2CC(=O)C3=C(C2)Nc2ccccc2N(C(=O)c2cccc(Cl)c2)[C@@H]3c2cccs2)cc1. The van der Waals surface area contributed by atoms with Crippen molar-refractivity contribution in [2.75, 3.05) is 17.3 Å². The van der Waals surface area contributed by atoms with Gasteiger partial charge in [-0.1, -0.05) is 48.0 Å². The number of methoxy groups -OCH3 is 1. The Balaban J connectivity index is 1.51. The number of Topliss-reactive ketones (excluding diaryl/α,β-unsaturated/α-hetero) is 1. The van der Waals surface area contributed by atoms with E-state index in [1.165, 1.54) is 0 Å². The van der Waals surface area contributed by atoms with E-state index >= 15 is 0 Å². The van der Waals surface area contributed by atoms with E-state index in [9.17, 15) is 9.59 Å². The third kappa shape index (κ3) is 4.40. The molecule has 1 aliphatic heterocycles. The lowest BCUT2D eigenvalue weighted by Gasteiger charge is -2.34. The van der Waals surface area contributed by atoms with Crippen molar-refractivity contribution in [2.24, 2.45) is 0 Å². The summed E-state index contributed by atoms with van der Waals surface area (Å²) < 4.78 is 5.32. The second-order valence-electron chi connectivity index (χ2n) is 9.44. The van der Waals surface area contributed by atoms with E-state index in [-0.39, 0.29) is 17.6 Å². The van der Waals surface area contributed by atoms with Crippen molar-refractivity contribution in [3.63, 3.8) is 0 Å². The van der Waals surface area contributed by atoms with E-state index in [0.29, 0.717) is 29.0 Å². The summed E-state index contributed by atoms with van der Waals surface area (Å²) in [7, 11) is 1.64. The molecule has 3 aromatic carbocycles. The van der Waals surface area contributed by atoms with E-state index in [2.05, 4.69) is 5.32 Å². The molecule has 5 nitrogen and oxygen atoms in total. The number of nitrogens with one attached hydrogen (secondary N) is 1. The molecule has 38 heavy (non-hydrogen) atoms. The number of halogens is 1. The molecule has 0 bridgehead atoms. The van der Waals surface area contributed by atoms with Crippen LogP contribution in [0.2, 0.25) is 5.02 Å². The van der Waals surface area contributed by atoms with Gasteiger partial charge >= 0.3 is 0 Å². The fourth-order valence-corrected chi connectivity index (χ4v) is 6.42. The van der Waals surface area contributed by atoms with Gasteiger partial charge in [0.2, 0.25) is 0 Å². The van der Waals surface area contributed by atoms with Crippen molar-refractivity contribution >= 4 is 46.0 Å². The molecule has 1 amide bonds. The number of nitrogens with zero attached hydrogens (tertiary/aromatic N) is 1. The number of anilines is 2. The van der Waals surface area contributed by atoms with Gasteiger partial charge in [-0.05, 0) is 71.8 Å². The minimum absolute atomic E-state index is 0.0194. The van der Waals surface area contributed by atoms with Crippen molar-refractivity contribution in [3.8, 4) is 5.75 Å². The van der Waals surface area contributed by atoms with Crippen LogP contribution in [0.3, 0.4) is 0 Å². The summed E-state index contributed by atoms with van der Waals surface area (Å²) in [6.07, 6.45) is 1.02. The predicted octanol–water partition coefficient (Wildman–Crippen LogP) is 7.62. The first-order chi connectivity index (χ1) is 18.5. The quantitative estimate of drug-likeness (QED) is 0.289. The van der Waals surface area contributed by atoms with Gasteiger partial charge < -0.3 is 10.1 Å². The molecule has 1 aromatic heterocycles. The number of hydrogen-bond acceptors (Lipinski definition) is 5. The van der Waals surface area contributed by atoms with Crippen LogP contribution in [-0.4, -0.2) is 18.8 Å². The number of rotatable bonds is 4. The third-order valence-corrected chi connectivity index (χ3v) is 8.34. The molecule has 2 aliphatic rings. The van der Waals surface area contributed by atoms with E-state index < -0.39 is 6.04 Å². The van der Waals surface area contributed by atoms with Crippen LogP contribution in [0.15, 0.2) is 102 Å². The van der Waals surface area contributed by atoms with Gasteiger partial charge in [0.1, 0.15) is 11.8 Å². The minimum atomic E-state index is -0.558. The van der Waals surface area contributed by atoms with Crippen LogP contribution in [0.5, 0.6) is 5.75 Å². The third-order valence-electron chi connectivity index (χ3n) is 7.18. The molecule has 4 aromatic rings. The van der Waals surface area contributed by atoms with Gasteiger partial charge in [-0.15, -0.1) is 11.3 Å². The molecular weight excluding hydrogens is 516 g/mol. The van der Waals surface area contributed by atoms with Gasteiger partial charge in [-0.2, -0.15) is 0 Å². The predicted molar refractivity (Wildman–Crippen MR) is 152 cm³/mol. The molecule has 0 radical (unpaired) electrons. The smallest absolute Gasteiger partial charge is 0.259 e. The first-order valence-corrected chi connectivity index (χ1v) is 13.7. The maximum Gasteiger partial charge on any atom is 0.259 e. The normalized spacial score (nSPS) is 18.8. The topological polar surface area (TPSA) is 58.6 Å². The Morgan fingerprint density at radius 2 is 1.82 bits per heavy atom. The van der Waals surface area contributed by atoms with E-state index in [1.54, 1.807) is 47.6 Å². The Bertz CT molecular complexity index is 1550. The van der Waals surface area contributed by atoms with Crippen LogP contribution in [-0.2, 0) is 4.79 Å². The molecule has 0 saturated heterocycles. The highest BCUT2D eigenvalue weighted by molar-refractivity contribution is 7.10. The summed E-state index contributed by atoms with van der Waals surface area (Å²) in [6.45, 7) is 0. The van der Waals surface area contributed by atoms with Crippen LogP contribution in [0, 0.1) is 0 Å². The van der Waals surface area contributed by atoms with Gasteiger partial charge in [0, 0.05) is 33.2 Å². The summed E-state index contributed by atoms with van der Waals surface area (Å²) in [5.74, 6) is 0.630. The number of amides is 1. The molecule has 0 fully saturated rings. The summed E-state index contributed by atoms with van der Waals surface area (Å²) in [4.78, 5) is 30.9. The lowest BCUT2D eigenvalue weighted by atomic mass is 9.79. The molecule has 190 valence electrons. The fraction of sp³-hybridized carbons (Fsp3) is 0.161. The van der Waals surface area contributed by atoms with E-state index in [0.717, 1.165) is 33.3 Å². The first-order valence-electron chi connectivity index (χ1n) is 12.4. The number of hydrogen-bond donors (Lipinski definition) is 1. The molecule has 6 rings (SSSR count). The van der Waals surface area contributed by atoms with E-state index in [4.69, 9.17) is 16.3 Å². The average Bonchev–Trinajstić information content (AvgIpc) is 3.42. The number of thiophene rings is 1. The Hall–Kier alpha value is -3.87. The highest BCUT2D eigenvalue weighted by atomic mass is 35.5. The fourth-order valence-electron chi connectivity index (χ4n) is 5.40. The van der Waals surface area contributed by atoms with Crippen LogP contribution < -0.4 is 15.0 Å². The van der Waals surface area contributed by atoms with Crippen LogP contribution in [0.1, 0.15) is 45.6 Å². The number of ketones is 1. The number of fused-ring (bicyclic) bond motifs is 1. The van der Waals surface area contributed by atoms with Crippen LogP contribution >= 0.6 is 22.9 Å². The highest BCUT2D eigenvalue weighted by Gasteiger charge is 2.42. The number of carbonyl (C=O) groups excluding carboxylic acids is 2. The number of ether oxygens (including phenoxy) is 1. The Morgan fingerprint density at radius 3 is 2.55 bits per heavy atom. The first kappa shape index (κ1) is 24.5. The largest absolute Gasteiger partial charge is 0.497 e. The lowest BCUT2D eigenvalue weighted by molar-refractivity contribution is -0.116. The monoisotopic (exact) mass is 540 g/mol. The Kier molecular flexibility index (Phi) is 6.52. The minimum Gasteiger partial charge on any atom is -0.497 e. The van der Waals surface area contributed by atoms with Gasteiger partial charge in [0.05, 0.1) is 18.5 Å². The standard InChI is InChI=1S/C31H25ClN2O3S/c1-37-23-13-11-19(12-14-23)21-17-25-29(27(35)18-21)30(28-10-5-15-38-28)34(26-9-3-2-8-24(26)33-25)31(36)20-6-4-7-22(32)16-20/h2-16,21,30,33H,17-18H2,1H3/t21-,30+/m0/s1. The van der Waals surface area contributed by atoms with Crippen LogP contribution in [0.4, 0.5) is 11.4 Å². The zero-order valence-electron chi connectivity index (χ0n) is 20.7. The molecule has 0 spiro atoms. The highest BCUT2D eigenvalue weighted by Crippen LogP contribution is 2.48. The van der Waals surface area contributed by atoms with Crippen LogP contribution in [0.25, 0.3) is 0 Å². The van der Waals surface area contributed by atoms with Crippen molar-refractivity contribution in [3.05, 3.63) is 123 Å². The lowest BCUT2D eigenvalue weighted by Crippen LogP contribution is -2.38. The maximum absolute atomic E-state index is 14.2. The maximum atomic E-state index is 14.2. The molecule has 0 unspecified atom stereocenters. The summed E-state index contributed by atoms with van der Waals surface area (Å²) in [5, 5.41) is 6.04. The van der Waals surface area contributed by atoms with Crippen molar-refractivity contribution in [1.82, 2.24) is 0 Å². The molecule has 0 saturated carbocycles. The van der Waals surface area contributed by atoms with E-state index in [1.807, 2.05) is 66.0 Å².